The highest BCUT2D eigenvalue weighted by Crippen LogP contribution is 2.21. The van der Waals surface area contributed by atoms with Gasteiger partial charge in [0.05, 0.1) is 19.1 Å². The van der Waals surface area contributed by atoms with Gasteiger partial charge in [-0.3, -0.25) is 9.10 Å². The molecule has 7 heteroatoms. The molecule has 6 nitrogen and oxygen atoms in total. The number of benzene rings is 2. The van der Waals surface area contributed by atoms with Crippen LogP contribution in [0.3, 0.4) is 0 Å². The molecule has 2 aromatic carbocycles. The van der Waals surface area contributed by atoms with E-state index in [0.717, 1.165) is 13.1 Å². The molecule has 152 valence electrons. The number of rotatable bonds is 10. The number of likely N-dealkylation sites (N-methyl/N-ethyl adjacent to an activating group) is 1. The van der Waals surface area contributed by atoms with Gasteiger partial charge in [-0.25, -0.2) is 8.42 Å². The van der Waals surface area contributed by atoms with Crippen LogP contribution in [0.15, 0.2) is 48.5 Å². The van der Waals surface area contributed by atoms with Gasteiger partial charge in [0.25, 0.3) is 0 Å². The number of hydrogen-bond acceptors (Lipinski definition) is 5. The van der Waals surface area contributed by atoms with Gasteiger partial charge in [-0.2, -0.15) is 0 Å². The Kier molecular flexibility index (Phi) is 7.60. The number of anilines is 1. The lowest BCUT2D eigenvalue weighted by molar-refractivity contribution is 0.103. The lowest BCUT2D eigenvalue weighted by Crippen LogP contribution is -2.38. The van der Waals surface area contributed by atoms with Gasteiger partial charge >= 0.3 is 0 Å². The fourth-order valence-electron chi connectivity index (χ4n) is 2.97. The first-order valence-corrected chi connectivity index (χ1v) is 11.1. The summed E-state index contributed by atoms with van der Waals surface area (Å²) in [6, 6.07) is 13.6. The Hall–Kier alpha value is -2.38. The van der Waals surface area contributed by atoms with Crippen LogP contribution >= 0.6 is 0 Å². The van der Waals surface area contributed by atoms with E-state index in [2.05, 4.69) is 4.90 Å². The predicted octanol–water partition coefficient (Wildman–Crippen LogP) is 3.03. The molecule has 0 fully saturated rings. The molecule has 0 aliphatic rings. The Morgan fingerprint density at radius 2 is 1.61 bits per heavy atom. The summed E-state index contributed by atoms with van der Waals surface area (Å²) in [4.78, 5) is 14.9. The zero-order chi connectivity index (χ0) is 20.7. The number of carbonyl (C=O) groups is 1. The first-order chi connectivity index (χ1) is 13.3. The maximum Gasteiger partial charge on any atom is 0.232 e. The van der Waals surface area contributed by atoms with E-state index < -0.39 is 10.0 Å². The van der Waals surface area contributed by atoms with E-state index >= 15 is 0 Å². The Morgan fingerprint density at radius 1 is 0.964 bits per heavy atom. The second-order valence-electron chi connectivity index (χ2n) is 6.47. The quantitative estimate of drug-likeness (QED) is 0.570. The van der Waals surface area contributed by atoms with Crippen LogP contribution in [-0.4, -0.2) is 58.6 Å². The lowest BCUT2D eigenvalue weighted by Gasteiger charge is -2.26. The van der Waals surface area contributed by atoms with Crippen LogP contribution in [0.2, 0.25) is 0 Å². The number of carbonyl (C=O) groups excluding carboxylic acids is 1. The monoisotopic (exact) mass is 404 g/mol. The average molecular weight is 405 g/mol. The SMILES string of the molecule is CCN(CC)CCN(c1ccc(C(=O)c2cccc(OC)c2)cc1)S(C)(=O)=O. The summed E-state index contributed by atoms with van der Waals surface area (Å²) < 4.78 is 31.1. The van der Waals surface area contributed by atoms with E-state index in [4.69, 9.17) is 4.74 Å². The fourth-order valence-corrected chi connectivity index (χ4v) is 3.89. The second kappa shape index (κ2) is 9.71. The van der Waals surface area contributed by atoms with E-state index in [-0.39, 0.29) is 5.78 Å². The van der Waals surface area contributed by atoms with Crippen molar-refractivity contribution < 1.29 is 17.9 Å². The number of sulfonamides is 1. The van der Waals surface area contributed by atoms with Crippen LogP contribution in [0.25, 0.3) is 0 Å². The summed E-state index contributed by atoms with van der Waals surface area (Å²) >= 11 is 0. The number of methoxy groups -OCH3 is 1. The molecule has 0 unspecified atom stereocenters. The predicted molar refractivity (Wildman–Crippen MR) is 113 cm³/mol. The molecule has 0 spiro atoms. The molecule has 2 rings (SSSR count). The molecule has 0 heterocycles. The summed E-state index contributed by atoms with van der Waals surface area (Å²) in [5.41, 5.74) is 1.57. The minimum Gasteiger partial charge on any atom is -0.497 e. The summed E-state index contributed by atoms with van der Waals surface area (Å²) in [7, 11) is -1.87. The summed E-state index contributed by atoms with van der Waals surface area (Å²) in [6.45, 7) is 6.83. The third kappa shape index (κ3) is 5.56. The third-order valence-electron chi connectivity index (χ3n) is 4.66. The Morgan fingerprint density at radius 3 is 2.14 bits per heavy atom. The van der Waals surface area contributed by atoms with Gasteiger partial charge in [-0.05, 0) is 49.5 Å². The smallest absolute Gasteiger partial charge is 0.232 e. The van der Waals surface area contributed by atoms with Gasteiger partial charge in [-0.15, -0.1) is 0 Å². The first kappa shape index (κ1) is 21.9. The van der Waals surface area contributed by atoms with Crippen LogP contribution < -0.4 is 9.04 Å². The maximum atomic E-state index is 12.7. The average Bonchev–Trinajstić information content (AvgIpc) is 2.70. The molecule has 0 radical (unpaired) electrons. The van der Waals surface area contributed by atoms with Crippen molar-refractivity contribution in [1.82, 2.24) is 4.90 Å². The molecule has 0 aliphatic heterocycles. The van der Waals surface area contributed by atoms with Gasteiger partial charge in [0.15, 0.2) is 5.78 Å². The molecule has 0 saturated carbocycles. The van der Waals surface area contributed by atoms with E-state index in [1.807, 2.05) is 13.8 Å². The van der Waals surface area contributed by atoms with E-state index in [1.54, 1.807) is 55.6 Å². The molecular formula is C21H28N2O4S. The van der Waals surface area contributed by atoms with Crippen molar-refractivity contribution in [2.75, 3.05) is 43.8 Å². The Balaban J connectivity index is 2.23. The van der Waals surface area contributed by atoms with Crippen molar-refractivity contribution in [2.24, 2.45) is 0 Å². The highest BCUT2D eigenvalue weighted by Gasteiger charge is 2.19. The van der Waals surface area contributed by atoms with Crippen LogP contribution in [0.4, 0.5) is 5.69 Å². The van der Waals surface area contributed by atoms with Gasteiger partial charge in [-0.1, -0.05) is 26.0 Å². The Labute approximate surface area is 167 Å². The Bertz CT molecular complexity index is 891. The molecule has 2 aromatic rings. The number of nitrogens with zero attached hydrogens (tertiary/aromatic N) is 2. The number of hydrogen-bond donors (Lipinski definition) is 0. The van der Waals surface area contributed by atoms with E-state index in [1.165, 1.54) is 10.6 Å². The largest absolute Gasteiger partial charge is 0.497 e. The van der Waals surface area contributed by atoms with Crippen LogP contribution in [0, 0.1) is 0 Å². The maximum absolute atomic E-state index is 12.7. The molecule has 0 bridgehead atoms. The van der Waals surface area contributed by atoms with Crippen molar-refractivity contribution in [2.45, 2.75) is 13.8 Å². The van der Waals surface area contributed by atoms with Gasteiger partial charge < -0.3 is 9.64 Å². The van der Waals surface area contributed by atoms with Crippen LogP contribution in [-0.2, 0) is 10.0 Å². The molecule has 0 N–H and O–H groups in total. The van der Waals surface area contributed by atoms with Crippen molar-refractivity contribution in [3.05, 3.63) is 59.7 Å². The van der Waals surface area contributed by atoms with Gasteiger partial charge in [0.2, 0.25) is 10.0 Å². The van der Waals surface area contributed by atoms with E-state index in [9.17, 15) is 13.2 Å². The van der Waals surface area contributed by atoms with E-state index in [0.29, 0.717) is 35.7 Å². The molecular weight excluding hydrogens is 376 g/mol. The normalized spacial score (nSPS) is 11.5. The molecule has 28 heavy (non-hydrogen) atoms. The molecule has 0 atom stereocenters. The highest BCUT2D eigenvalue weighted by molar-refractivity contribution is 7.92. The molecule has 0 saturated heterocycles. The molecule has 0 aromatic heterocycles. The zero-order valence-corrected chi connectivity index (χ0v) is 17.7. The summed E-state index contributed by atoms with van der Waals surface area (Å²) in [5.74, 6) is 0.474. The minimum atomic E-state index is -3.42. The highest BCUT2D eigenvalue weighted by atomic mass is 32.2. The molecule has 0 amide bonds. The van der Waals surface area contributed by atoms with Gasteiger partial charge in [0, 0.05) is 24.2 Å². The fraction of sp³-hybridized carbons (Fsp3) is 0.381. The third-order valence-corrected chi connectivity index (χ3v) is 5.86. The topological polar surface area (TPSA) is 66.9 Å². The number of ether oxygens (including phenoxy) is 1. The lowest BCUT2D eigenvalue weighted by atomic mass is 10.0. The van der Waals surface area contributed by atoms with Crippen molar-refractivity contribution >= 4 is 21.5 Å². The van der Waals surface area contributed by atoms with Crippen LogP contribution in [0.1, 0.15) is 29.8 Å². The number of ketones is 1. The summed E-state index contributed by atoms with van der Waals surface area (Å²) in [5, 5.41) is 0. The van der Waals surface area contributed by atoms with Crippen LogP contribution in [0.5, 0.6) is 5.75 Å². The summed E-state index contributed by atoms with van der Waals surface area (Å²) in [6.07, 6.45) is 1.20. The van der Waals surface area contributed by atoms with Crippen molar-refractivity contribution in [3.8, 4) is 5.75 Å². The van der Waals surface area contributed by atoms with Gasteiger partial charge in [0.1, 0.15) is 5.75 Å². The zero-order valence-electron chi connectivity index (χ0n) is 16.9. The minimum absolute atomic E-state index is 0.139. The first-order valence-electron chi connectivity index (χ1n) is 9.29. The second-order valence-corrected chi connectivity index (χ2v) is 8.38. The standard InChI is InChI=1S/C21H28N2O4S/c1-5-22(6-2)14-15-23(28(4,25)26)19-12-10-17(11-13-19)21(24)18-8-7-9-20(16-18)27-3/h7-13,16H,5-6,14-15H2,1-4H3. The molecule has 0 aliphatic carbocycles. The van der Waals surface area contributed by atoms with Crippen molar-refractivity contribution in [3.63, 3.8) is 0 Å². The van der Waals surface area contributed by atoms with Crippen molar-refractivity contribution in [1.29, 1.82) is 0 Å².